The van der Waals surface area contributed by atoms with E-state index in [0.717, 1.165) is 5.56 Å². The number of aryl methyl sites for hydroxylation is 1. The Kier molecular flexibility index (Phi) is 5.52. The van der Waals surface area contributed by atoms with Gasteiger partial charge in [-0.25, -0.2) is 18.6 Å². The Morgan fingerprint density at radius 2 is 2.06 bits per heavy atom. The van der Waals surface area contributed by atoms with E-state index in [4.69, 9.17) is 0 Å². The topological polar surface area (TPSA) is 120 Å². The molecule has 1 aromatic carbocycles. The van der Waals surface area contributed by atoms with E-state index in [1.807, 2.05) is 6.07 Å². The molecular weight excluding hydrogens is 444 g/mol. The van der Waals surface area contributed by atoms with Crippen LogP contribution in [0.25, 0.3) is 5.65 Å². The van der Waals surface area contributed by atoms with Crippen LogP contribution in [0.1, 0.15) is 53.4 Å². The lowest BCUT2D eigenvalue weighted by Crippen LogP contribution is -2.26. The zero-order chi connectivity index (χ0) is 24.8. The highest BCUT2D eigenvalue weighted by Crippen LogP contribution is 2.60. The van der Waals surface area contributed by atoms with Crippen molar-refractivity contribution in [3.05, 3.63) is 69.1 Å². The number of nitriles is 1. The number of aromatic carboxylic acids is 1. The van der Waals surface area contributed by atoms with Gasteiger partial charge < -0.3 is 15.7 Å². The quantitative estimate of drug-likeness (QED) is 0.476. The fraction of sp³-hybridized carbons (Fsp3) is 0.333. The Labute approximate surface area is 193 Å². The first-order chi connectivity index (χ1) is 16.0. The van der Waals surface area contributed by atoms with E-state index in [2.05, 4.69) is 15.6 Å². The van der Waals surface area contributed by atoms with E-state index in [1.165, 1.54) is 17.4 Å². The first kappa shape index (κ1) is 23.2. The van der Waals surface area contributed by atoms with Crippen molar-refractivity contribution in [1.82, 2.24) is 9.38 Å². The zero-order valence-electron chi connectivity index (χ0n) is 18.8. The molecule has 3 aromatic rings. The molecule has 0 saturated heterocycles. The molecule has 2 unspecified atom stereocenters. The minimum absolute atomic E-state index is 0.0559. The molecule has 4 rings (SSSR count). The lowest BCUT2D eigenvalue weighted by Gasteiger charge is -2.20. The van der Waals surface area contributed by atoms with Gasteiger partial charge in [-0.3, -0.25) is 9.20 Å². The predicted molar refractivity (Wildman–Crippen MR) is 123 cm³/mol. The van der Waals surface area contributed by atoms with Crippen LogP contribution in [0, 0.1) is 23.7 Å². The Morgan fingerprint density at radius 3 is 2.68 bits per heavy atom. The minimum Gasteiger partial charge on any atom is -0.478 e. The van der Waals surface area contributed by atoms with Crippen LogP contribution in [-0.2, 0) is 0 Å². The Bertz CT molecular complexity index is 1410. The van der Waals surface area contributed by atoms with Crippen molar-refractivity contribution >= 4 is 23.1 Å². The normalized spacial score (nSPS) is 19.3. The number of nitrogens with zero attached hydrogens (tertiary/aromatic N) is 3. The fourth-order valence-corrected chi connectivity index (χ4v) is 3.98. The number of anilines is 2. The zero-order valence-corrected chi connectivity index (χ0v) is 18.8. The van der Waals surface area contributed by atoms with Crippen molar-refractivity contribution in [3.63, 3.8) is 0 Å². The van der Waals surface area contributed by atoms with Crippen LogP contribution >= 0.6 is 0 Å². The lowest BCUT2D eigenvalue weighted by atomic mass is 10.1. The van der Waals surface area contributed by atoms with Crippen molar-refractivity contribution < 1.29 is 18.7 Å². The molecule has 2 atom stereocenters. The highest BCUT2D eigenvalue weighted by Gasteiger charge is 2.67. The van der Waals surface area contributed by atoms with Crippen LogP contribution < -0.4 is 16.2 Å². The number of fused-ring (bicyclic) bond motifs is 1. The summed E-state index contributed by atoms with van der Waals surface area (Å²) in [5.74, 6) is -3.95. The maximum Gasteiger partial charge on any atom is 0.337 e. The van der Waals surface area contributed by atoms with Gasteiger partial charge in [-0.2, -0.15) is 5.26 Å². The third-order valence-electron chi connectivity index (χ3n) is 6.21. The number of para-hydroxylation sites is 1. The first-order valence-electron chi connectivity index (χ1n) is 10.6. The number of rotatable bonds is 7. The molecule has 1 saturated carbocycles. The second kappa shape index (κ2) is 8.09. The molecule has 176 valence electrons. The average Bonchev–Trinajstić information content (AvgIpc) is 3.29. The fourth-order valence-electron chi connectivity index (χ4n) is 3.98. The van der Waals surface area contributed by atoms with Crippen molar-refractivity contribution in [3.8, 4) is 6.07 Å². The van der Waals surface area contributed by atoms with E-state index in [9.17, 15) is 28.7 Å². The number of halogens is 2. The average molecular weight is 467 g/mol. The molecule has 1 aliphatic carbocycles. The minimum atomic E-state index is -2.81. The molecule has 0 spiro atoms. The number of aromatic nitrogens is 2. The summed E-state index contributed by atoms with van der Waals surface area (Å²) in [6.07, 6.45) is 1.27. The summed E-state index contributed by atoms with van der Waals surface area (Å²) in [5, 5.41) is 25.0. The van der Waals surface area contributed by atoms with Crippen LogP contribution in [0.15, 0.2) is 41.3 Å². The van der Waals surface area contributed by atoms with Gasteiger partial charge in [0.05, 0.1) is 17.0 Å². The largest absolute Gasteiger partial charge is 0.478 e. The number of carboxylic acid groups (broad SMARTS) is 1. The third kappa shape index (κ3) is 3.94. The third-order valence-corrected chi connectivity index (χ3v) is 6.21. The van der Waals surface area contributed by atoms with Crippen molar-refractivity contribution in [2.24, 2.45) is 5.41 Å². The van der Waals surface area contributed by atoms with Gasteiger partial charge in [0, 0.05) is 30.4 Å². The summed E-state index contributed by atoms with van der Waals surface area (Å²) in [4.78, 5) is 29.1. The van der Waals surface area contributed by atoms with E-state index < -0.39 is 28.9 Å². The Hall–Kier alpha value is -4.00. The number of carboxylic acids is 1. The summed E-state index contributed by atoms with van der Waals surface area (Å²) in [6.45, 7) is 4.86. The van der Waals surface area contributed by atoms with Gasteiger partial charge >= 0.3 is 5.97 Å². The maximum atomic E-state index is 13.7. The van der Waals surface area contributed by atoms with E-state index in [0.29, 0.717) is 11.3 Å². The van der Waals surface area contributed by atoms with Gasteiger partial charge in [-0.15, -0.1) is 0 Å². The van der Waals surface area contributed by atoms with E-state index in [1.54, 1.807) is 44.3 Å². The molecule has 0 amide bonds. The van der Waals surface area contributed by atoms with Crippen LogP contribution in [0.5, 0.6) is 0 Å². The molecule has 0 aliphatic heterocycles. The monoisotopic (exact) mass is 467 g/mol. The van der Waals surface area contributed by atoms with Gasteiger partial charge in [-0.05, 0) is 37.6 Å². The molecule has 34 heavy (non-hydrogen) atoms. The first-order valence-corrected chi connectivity index (χ1v) is 10.6. The number of benzene rings is 1. The number of alkyl halides is 2. The van der Waals surface area contributed by atoms with Crippen molar-refractivity contribution in [1.29, 1.82) is 5.26 Å². The summed E-state index contributed by atoms with van der Waals surface area (Å²) in [7, 11) is 0. The van der Waals surface area contributed by atoms with Gasteiger partial charge in [-0.1, -0.05) is 19.1 Å². The maximum absolute atomic E-state index is 13.7. The SMILES string of the molecule is Cc1cc(C(C)Nc2ccccc2C(=O)O)c2nc(NCC3(C)CC3(F)F)c(C#N)c(=O)n2c1. The Morgan fingerprint density at radius 1 is 1.38 bits per heavy atom. The number of pyridine rings is 1. The van der Waals surface area contributed by atoms with Gasteiger partial charge in [0.1, 0.15) is 11.7 Å². The summed E-state index contributed by atoms with van der Waals surface area (Å²) < 4.78 is 28.6. The standard InChI is InChI=1S/C24H23F2N5O3/c1-13-8-16(14(2)29-18-7-5-4-6-15(18)22(33)34)20-30-19(17(9-27)21(32)31(20)10-13)28-12-23(3)11-24(23,25)26/h4-8,10,14,28-29H,11-12H2,1-3H3,(H,33,34). The second-order valence-electron chi connectivity index (χ2n) is 8.93. The van der Waals surface area contributed by atoms with Crippen molar-refractivity contribution in [2.75, 3.05) is 17.2 Å². The van der Waals surface area contributed by atoms with Crippen molar-refractivity contribution in [2.45, 2.75) is 39.2 Å². The van der Waals surface area contributed by atoms with Crippen LogP contribution in [-0.4, -0.2) is 32.9 Å². The van der Waals surface area contributed by atoms with Crippen LogP contribution in [0.4, 0.5) is 20.3 Å². The predicted octanol–water partition coefficient (Wildman–Crippen LogP) is 4.20. The molecule has 0 bridgehead atoms. The summed E-state index contributed by atoms with van der Waals surface area (Å²) >= 11 is 0. The number of carbonyl (C=O) groups is 1. The molecular formula is C24H23F2N5O3. The molecule has 2 heterocycles. The summed E-state index contributed by atoms with van der Waals surface area (Å²) in [6, 6.07) is 9.59. The molecule has 1 aliphatic rings. The lowest BCUT2D eigenvalue weighted by molar-refractivity contribution is 0.0696. The highest BCUT2D eigenvalue weighted by molar-refractivity contribution is 5.94. The number of nitrogens with one attached hydrogen (secondary N) is 2. The van der Waals surface area contributed by atoms with Crippen LogP contribution in [0.2, 0.25) is 0 Å². The Balaban J connectivity index is 1.78. The number of hydrogen-bond acceptors (Lipinski definition) is 6. The van der Waals surface area contributed by atoms with Gasteiger partial charge in [0.15, 0.2) is 11.4 Å². The van der Waals surface area contributed by atoms with E-state index >= 15 is 0 Å². The number of hydrogen-bond donors (Lipinski definition) is 3. The molecule has 8 nitrogen and oxygen atoms in total. The second-order valence-corrected chi connectivity index (χ2v) is 8.93. The van der Waals surface area contributed by atoms with Crippen LogP contribution in [0.3, 0.4) is 0 Å². The highest BCUT2D eigenvalue weighted by atomic mass is 19.3. The summed E-state index contributed by atoms with van der Waals surface area (Å²) in [5.41, 5.74) is -0.140. The van der Waals surface area contributed by atoms with Gasteiger partial charge in [0.25, 0.3) is 11.5 Å². The van der Waals surface area contributed by atoms with E-state index in [-0.39, 0.29) is 35.6 Å². The molecule has 2 aromatic heterocycles. The molecule has 1 fully saturated rings. The molecule has 10 heteroatoms. The van der Waals surface area contributed by atoms with Gasteiger partial charge in [0.2, 0.25) is 0 Å². The molecule has 0 radical (unpaired) electrons. The smallest absolute Gasteiger partial charge is 0.337 e. The molecule has 3 N–H and O–H groups in total.